The van der Waals surface area contributed by atoms with Gasteiger partial charge in [0.05, 0.1) is 0 Å². The van der Waals surface area contributed by atoms with Crippen LogP contribution in [0.3, 0.4) is 0 Å². The number of amides is 2. The second-order valence-electron chi connectivity index (χ2n) is 7.21. The number of oxime groups is 1. The van der Waals surface area contributed by atoms with Gasteiger partial charge in [0.2, 0.25) is 0 Å². The fourth-order valence-corrected chi connectivity index (χ4v) is 6.26. The normalized spacial score (nSPS) is 20.0. The first-order valence-corrected chi connectivity index (χ1v) is 13.1. The minimum atomic E-state index is -1.18. The van der Waals surface area contributed by atoms with Gasteiger partial charge in [0.15, 0.2) is 10.8 Å². The summed E-state index contributed by atoms with van der Waals surface area (Å²) in [6.45, 7) is 0. The van der Waals surface area contributed by atoms with Crippen molar-refractivity contribution in [1.82, 2.24) is 20.2 Å². The number of carboxylic acid groups (broad SMARTS) is 1. The van der Waals surface area contributed by atoms with Crippen LogP contribution in [0.4, 0.5) is 5.13 Å². The van der Waals surface area contributed by atoms with Gasteiger partial charge < -0.3 is 21.0 Å². The van der Waals surface area contributed by atoms with Gasteiger partial charge in [-0.3, -0.25) is 19.5 Å². The quantitative estimate of drug-likeness (QED) is 0.246. The predicted molar refractivity (Wildman–Crippen MR) is 135 cm³/mol. The maximum Gasteiger partial charge on any atom is 0.352 e. The molecule has 2 amide bonds. The van der Waals surface area contributed by atoms with Gasteiger partial charge in [-0.15, -0.1) is 34.9 Å². The Morgan fingerprint density at radius 3 is 2.97 bits per heavy atom. The van der Waals surface area contributed by atoms with Gasteiger partial charge in [0.25, 0.3) is 11.8 Å². The number of pyridine rings is 1. The molecular formula is C21H20N6O5S3. The van der Waals surface area contributed by atoms with Gasteiger partial charge in [-0.1, -0.05) is 11.2 Å². The second-order valence-corrected chi connectivity index (χ2v) is 10.1. The molecule has 0 aliphatic carbocycles. The zero-order valence-electron chi connectivity index (χ0n) is 18.3. The minimum Gasteiger partial charge on any atom is -0.477 e. The maximum atomic E-state index is 12.9. The number of nitrogens with two attached hydrogens (primary N) is 1. The molecule has 4 heterocycles. The van der Waals surface area contributed by atoms with E-state index in [9.17, 15) is 19.5 Å². The molecule has 14 heteroatoms. The van der Waals surface area contributed by atoms with E-state index in [0.29, 0.717) is 17.1 Å². The Morgan fingerprint density at radius 2 is 2.31 bits per heavy atom. The molecule has 0 bridgehead atoms. The van der Waals surface area contributed by atoms with Crippen LogP contribution in [0.2, 0.25) is 0 Å². The lowest BCUT2D eigenvalue weighted by atomic mass is 10.0. The highest BCUT2D eigenvalue weighted by Crippen LogP contribution is 2.41. The van der Waals surface area contributed by atoms with E-state index in [1.54, 1.807) is 17.8 Å². The van der Waals surface area contributed by atoms with Crippen LogP contribution in [0.25, 0.3) is 6.08 Å². The Morgan fingerprint density at radius 1 is 1.49 bits per heavy atom. The number of aliphatic carboxylic acids is 1. The van der Waals surface area contributed by atoms with Crippen molar-refractivity contribution in [3.8, 4) is 0 Å². The van der Waals surface area contributed by atoms with Gasteiger partial charge in [-0.05, 0) is 28.7 Å². The van der Waals surface area contributed by atoms with E-state index < -0.39 is 29.2 Å². The third-order valence-electron chi connectivity index (χ3n) is 5.00. The van der Waals surface area contributed by atoms with Crippen LogP contribution in [0, 0.1) is 0 Å². The van der Waals surface area contributed by atoms with Crippen molar-refractivity contribution in [3.63, 3.8) is 0 Å². The van der Waals surface area contributed by atoms with Crippen molar-refractivity contribution in [2.45, 2.75) is 11.4 Å². The number of carbonyl (C=O) groups excluding carboxylic acids is 2. The third-order valence-corrected chi connectivity index (χ3v) is 7.85. The van der Waals surface area contributed by atoms with E-state index in [1.807, 2.05) is 23.6 Å². The number of rotatable bonds is 9. The molecule has 4 rings (SSSR count). The number of carboxylic acids is 1. The van der Waals surface area contributed by atoms with E-state index in [1.165, 1.54) is 35.5 Å². The molecule has 0 spiro atoms. The highest BCUT2D eigenvalue weighted by atomic mass is 32.2. The molecule has 2 aromatic rings. The number of fused-ring (bicyclic) bond motifs is 1. The molecule has 1 fully saturated rings. The lowest BCUT2D eigenvalue weighted by Crippen LogP contribution is -2.71. The van der Waals surface area contributed by atoms with Gasteiger partial charge in [-0.25, -0.2) is 9.78 Å². The minimum absolute atomic E-state index is 0.0374. The molecule has 35 heavy (non-hydrogen) atoms. The molecule has 182 valence electrons. The van der Waals surface area contributed by atoms with E-state index >= 15 is 0 Å². The van der Waals surface area contributed by atoms with Gasteiger partial charge in [0, 0.05) is 29.3 Å². The lowest BCUT2D eigenvalue weighted by Gasteiger charge is -2.49. The van der Waals surface area contributed by atoms with Crippen LogP contribution in [-0.2, 0) is 19.2 Å². The van der Waals surface area contributed by atoms with Crippen LogP contribution in [-0.4, -0.2) is 73.5 Å². The molecule has 2 aliphatic heterocycles. The van der Waals surface area contributed by atoms with Crippen LogP contribution in [0.5, 0.6) is 0 Å². The van der Waals surface area contributed by atoms with Crippen molar-refractivity contribution < 1.29 is 24.3 Å². The third kappa shape index (κ3) is 5.33. The van der Waals surface area contributed by atoms with Crippen LogP contribution < -0.4 is 11.1 Å². The fraction of sp³-hybridized carbons (Fsp3) is 0.238. The first-order valence-electron chi connectivity index (χ1n) is 10.1. The number of nitrogens with one attached hydrogen (secondary N) is 1. The largest absolute Gasteiger partial charge is 0.477 e. The van der Waals surface area contributed by atoms with Crippen LogP contribution >= 0.6 is 34.9 Å². The summed E-state index contributed by atoms with van der Waals surface area (Å²) in [6.07, 6.45) is 5.29. The lowest BCUT2D eigenvalue weighted by molar-refractivity contribution is -0.150. The highest BCUT2D eigenvalue weighted by molar-refractivity contribution is 8.02. The van der Waals surface area contributed by atoms with Gasteiger partial charge in [-0.2, -0.15) is 0 Å². The summed E-state index contributed by atoms with van der Waals surface area (Å²) in [5.41, 5.74) is 7.26. The van der Waals surface area contributed by atoms with Crippen molar-refractivity contribution in [1.29, 1.82) is 0 Å². The number of thiazole rings is 1. The molecule has 4 N–H and O–H groups in total. The maximum absolute atomic E-state index is 12.9. The monoisotopic (exact) mass is 532 g/mol. The molecule has 1 saturated heterocycles. The smallest absolute Gasteiger partial charge is 0.352 e. The summed E-state index contributed by atoms with van der Waals surface area (Å²) in [4.78, 5) is 51.8. The Balaban J connectivity index is 1.44. The van der Waals surface area contributed by atoms with Gasteiger partial charge in [0.1, 0.15) is 29.9 Å². The number of hydrogen-bond donors (Lipinski definition) is 3. The zero-order chi connectivity index (χ0) is 24.9. The topological polar surface area (TPSA) is 160 Å². The molecule has 0 saturated carbocycles. The van der Waals surface area contributed by atoms with Crippen molar-refractivity contribution in [2.24, 2.45) is 5.16 Å². The molecular weight excluding hydrogens is 512 g/mol. The standard InChI is InChI=1S/C21H20N6O5S3/c1-32-26-14(13-10-35-21(22)24-13)17(28)25-15-18(29)27-16(20(30)31)12(9-34-19(15)27)8-33-6-4-11-3-2-5-23-7-11/h2-7,10,15,19H,8-9H2,1H3,(H2,22,24)(H,25,28)(H,30,31)/b6-4-,26-14-/t15?,19-/m1/s1. The molecule has 2 aliphatic rings. The van der Waals surface area contributed by atoms with E-state index in [-0.39, 0.29) is 22.2 Å². The predicted octanol–water partition coefficient (Wildman–Crippen LogP) is 1.61. The number of hydrogen-bond acceptors (Lipinski definition) is 11. The summed E-state index contributed by atoms with van der Waals surface area (Å²) < 4.78 is 0. The molecule has 11 nitrogen and oxygen atoms in total. The van der Waals surface area contributed by atoms with Crippen molar-refractivity contribution >= 4 is 69.6 Å². The second kappa shape index (κ2) is 10.9. The number of carbonyl (C=O) groups is 3. The summed E-state index contributed by atoms with van der Waals surface area (Å²) >= 11 is 3.95. The van der Waals surface area contributed by atoms with Crippen LogP contribution in [0.15, 0.2) is 51.7 Å². The molecule has 0 radical (unpaired) electrons. The van der Waals surface area contributed by atoms with E-state index in [4.69, 9.17) is 10.6 Å². The average molecular weight is 533 g/mol. The SMILES string of the molecule is CO/N=C(\C(=O)NC1C(=O)N2C(C(=O)O)=C(CS/C=C\c3cccnc3)CS[C@H]12)c1csc(N)n1. The fourth-order valence-electron chi connectivity index (χ4n) is 3.45. The summed E-state index contributed by atoms with van der Waals surface area (Å²) in [7, 11) is 1.28. The molecule has 1 unspecified atom stereocenters. The first-order chi connectivity index (χ1) is 16.9. The molecule has 0 aromatic carbocycles. The number of nitrogens with zero attached hydrogens (tertiary/aromatic N) is 4. The number of nitrogen functional groups attached to an aromatic ring is 1. The average Bonchev–Trinajstić information content (AvgIpc) is 3.29. The Kier molecular flexibility index (Phi) is 7.73. The summed E-state index contributed by atoms with van der Waals surface area (Å²) in [6, 6.07) is 2.83. The van der Waals surface area contributed by atoms with Crippen LogP contribution in [0.1, 0.15) is 11.3 Å². The van der Waals surface area contributed by atoms with Gasteiger partial charge >= 0.3 is 5.97 Å². The Labute approximate surface area is 212 Å². The Hall–Kier alpha value is -3.36. The number of aromatic nitrogens is 2. The van der Waals surface area contributed by atoms with E-state index in [0.717, 1.165) is 16.9 Å². The summed E-state index contributed by atoms with van der Waals surface area (Å²) in [5.74, 6) is -1.53. The first kappa shape index (κ1) is 24.8. The van der Waals surface area contributed by atoms with Crippen molar-refractivity contribution in [2.75, 3.05) is 24.3 Å². The molecule has 2 atom stereocenters. The number of anilines is 1. The summed E-state index contributed by atoms with van der Waals surface area (Å²) in [5, 5.41) is 19.3. The van der Waals surface area contributed by atoms with E-state index in [2.05, 4.69) is 20.4 Å². The number of β-lactam (4-membered cyclic amide) rings is 1. The highest BCUT2D eigenvalue weighted by Gasteiger charge is 2.54. The number of thioether (sulfide) groups is 2. The molecule has 2 aromatic heterocycles. The Bertz CT molecular complexity index is 1230. The van der Waals surface area contributed by atoms with Crippen molar-refractivity contribution in [3.05, 3.63) is 57.8 Å². The zero-order valence-corrected chi connectivity index (χ0v) is 20.7.